The molecule has 0 radical (unpaired) electrons. The van der Waals surface area contributed by atoms with Crippen LogP contribution in [0.1, 0.15) is 33.4 Å². The highest BCUT2D eigenvalue weighted by atomic mass is 16.3. The Morgan fingerprint density at radius 2 is 0.931 bits per heavy atom. The van der Waals surface area contributed by atoms with E-state index in [0.717, 1.165) is 56.5 Å². The lowest BCUT2D eigenvalue weighted by atomic mass is 9.68. The van der Waals surface area contributed by atoms with E-state index in [0.29, 0.717) is 0 Å². The van der Waals surface area contributed by atoms with Gasteiger partial charge in [-0.3, -0.25) is 0 Å². The second-order valence-electron chi connectivity index (χ2n) is 15.2. The largest absolute Gasteiger partial charge is 0.453 e. The fourth-order valence-electron chi connectivity index (χ4n) is 9.52. The van der Waals surface area contributed by atoms with Gasteiger partial charge in [0, 0.05) is 27.7 Å². The molecule has 0 N–H and O–H groups in total. The molecule has 0 saturated carbocycles. The fourth-order valence-corrected chi connectivity index (χ4v) is 9.52. The number of anilines is 3. The lowest BCUT2D eigenvalue weighted by Gasteiger charge is -2.34. The number of para-hydroxylation sites is 2. The molecule has 2 heteroatoms. The average molecular weight is 742 g/mol. The Morgan fingerprint density at radius 1 is 0.397 bits per heavy atom. The average Bonchev–Trinajstić information content (AvgIpc) is 3.84. The summed E-state index contributed by atoms with van der Waals surface area (Å²) in [7, 11) is 0. The molecule has 0 unspecified atom stereocenters. The molecule has 0 aliphatic heterocycles. The minimum absolute atomic E-state index is 0.469. The van der Waals surface area contributed by atoms with E-state index in [1.54, 1.807) is 0 Å². The van der Waals surface area contributed by atoms with Gasteiger partial charge in [0.2, 0.25) is 0 Å². The van der Waals surface area contributed by atoms with Crippen molar-refractivity contribution in [3.63, 3.8) is 0 Å². The molecule has 1 aliphatic rings. The van der Waals surface area contributed by atoms with Gasteiger partial charge in [-0.15, -0.1) is 0 Å². The second kappa shape index (κ2) is 14.0. The van der Waals surface area contributed by atoms with Crippen molar-refractivity contribution < 1.29 is 4.42 Å². The monoisotopic (exact) mass is 741 g/mol. The van der Waals surface area contributed by atoms with Crippen molar-refractivity contribution in [1.29, 1.82) is 0 Å². The maximum Gasteiger partial charge on any atom is 0.159 e. The fraction of sp³-hybridized carbons (Fsp3) is 0.0357. The zero-order valence-corrected chi connectivity index (χ0v) is 31.9. The van der Waals surface area contributed by atoms with E-state index in [1.165, 1.54) is 44.5 Å². The smallest absolute Gasteiger partial charge is 0.159 e. The number of fused-ring (bicyclic) bond motifs is 6. The molecule has 9 aromatic carbocycles. The van der Waals surface area contributed by atoms with Gasteiger partial charge < -0.3 is 9.32 Å². The van der Waals surface area contributed by atoms with Gasteiger partial charge in [0.15, 0.2) is 5.58 Å². The Labute approximate surface area is 338 Å². The van der Waals surface area contributed by atoms with Crippen molar-refractivity contribution >= 4 is 39.0 Å². The number of furan rings is 1. The van der Waals surface area contributed by atoms with Gasteiger partial charge >= 0.3 is 0 Å². The number of hydrogen-bond donors (Lipinski definition) is 0. The second-order valence-corrected chi connectivity index (χ2v) is 15.2. The summed E-state index contributed by atoms with van der Waals surface area (Å²) in [6, 6.07) is 81.2. The van der Waals surface area contributed by atoms with Crippen LogP contribution in [0.4, 0.5) is 17.1 Å². The van der Waals surface area contributed by atoms with Crippen LogP contribution in [0.15, 0.2) is 229 Å². The van der Waals surface area contributed by atoms with Crippen LogP contribution < -0.4 is 4.90 Å². The van der Waals surface area contributed by atoms with Crippen LogP contribution >= 0.6 is 0 Å². The topological polar surface area (TPSA) is 16.4 Å². The number of hydrogen-bond acceptors (Lipinski definition) is 2. The summed E-state index contributed by atoms with van der Waals surface area (Å²) in [4.78, 5) is 2.36. The van der Waals surface area contributed by atoms with E-state index in [2.05, 4.69) is 229 Å². The Bertz CT molecular complexity index is 3010. The third-order valence-corrected chi connectivity index (χ3v) is 12.0. The van der Waals surface area contributed by atoms with Crippen LogP contribution in [0.2, 0.25) is 0 Å². The normalized spacial score (nSPS) is 12.7. The van der Waals surface area contributed by atoms with Gasteiger partial charge in [0.1, 0.15) is 5.58 Å². The number of rotatable bonds is 8. The Balaban J connectivity index is 1.13. The van der Waals surface area contributed by atoms with E-state index in [9.17, 15) is 0 Å². The zero-order valence-electron chi connectivity index (χ0n) is 31.9. The molecule has 0 atom stereocenters. The van der Waals surface area contributed by atoms with Crippen LogP contribution in [-0.4, -0.2) is 0 Å². The van der Waals surface area contributed by atoms with Crippen LogP contribution in [0, 0.1) is 0 Å². The summed E-state index contributed by atoms with van der Waals surface area (Å²) < 4.78 is 7.19. The molecule has 1 aromatic heterocycles. The van der Waals surface area contributed by atoms with Crippen LogP contribution in [-0.2, 0) is 11.8 Å². The van der Waals surface area contributed by atoms with Crippen molar-refractivity contribution in [1.82, 2.24) is 0 Å². The molecule has 11 rings (SSSR count). The van der Waals surface area contributed by atoms with Gasteiger partial charge in [-0.25, -0.2) is 0 Å². The molecular formula is C56H39NO. The maximum atomic E-state index is 7.19. The number of benzene rings is 9. The first-order chi connectivity index (χ1) is 28.8. The molecule has 0 saturated heterocycles. The lowest BCUT2D eigenvalue weighted by molar-refractivity contribution is 0.670. The zero-order chi connectivity index (χ0) is 38.5. The standard InChI is InChI=1S/C56H39NO/c1-5-18-39(19-6-1)38-41-32-37-52(55-53(41)49-29-17-28-46(54(49)58-55)40-20-7-2-8-21-40)57(44-24-11-4-12-25-44)45-35-33-43(34-36-45)56(42-22-9-3-10-23-42)50-30-15-13-26-47(50)48-27-14-16-31-51(48)56/h1-37H,38H2. The lowest BCUT2D eigenvalue weighted by Crippen LogP contribution is -2.28. The maximum absolute atomic E-state index is 7.19. The van der Waals surface area contributed by atoms with Crippen molar-refractivity contribution in [2.45, 2.75) is 11.8 Å². The van der Waals surface area contributed by atoms with Gasteiger partial charge in [-0.05, 0) is 86.8 Å². The van der Waals surface area contributed by atoms with Crippen molar-refractivity contribution in [2.24, 2.45) is 0 Å². The van der Waals surface area contributed by atoms with E-state index >= 15 is 0 Å². The molecule has 274 valence electrons. The molecule has 1 aliphatic carbocycles. The highest BCUT2D eigenvalue weighted by Gasteiger charge is 2.45. The van der Waals surface area contributed by atoms with E-state index in [1.807, 2.05) is 0 Å². The quantitative estimate of drug-likeness (QED) is 0.154. The van der Waals surface area contributed by atoms with E-state index < -0.39 is 5.41 Å². The van der Waals surface area contributed by atoms with Gasteiger partial charge in [0.05, 0.1) is 11.1 Å². The Morgan fingerprint density at radius 3 is 1.60 bits per heavy atom. The molecule has 1 heterocycles. The van der Waals surface area contributed by atoms with Crippen molar-refractivity contribution in [3.8, 4) is 22.3 Å². The van der Waals surface area contributed by atoms with Crippen LogP contribution in [0.5, 0.6) is 0 Å². The molecular weight excluding hydrogens is 703 g/mol. The predicted octanol–water partition coefficient (Wildman–Crippen LogP) is 14.7. The molecule has 0 spiro atoms. The first-order valence-corrected chi connectivity index (χ1v) is 20.1. The summed E-state index contributed by atoms with van der Waals surface area (Å²) in [6.07, 6.45) is 0.798. The highest BCUT2D eigenvalue weighted by molar-refractivity contribution is 6.15. The Kier molecular flexibility index (Phi) is 8.15. The van der Waals surface area contributed by atoms with E-state index in [4.69, 9.17) is 4.42 Å². The third kappa shape index (κ3) is 5.33. The van der Waals surface area contributed by atoms with Gasteiger partial charge in [0.25, 0.3) is 0 Å². The SMILES string of the molecule is c1ccc(Cc2ccc(N(c3ccccc3)c3ccc(C4(c5ccccc5)c5ccccc5-c5ccccc54)cc3)c3oc4c(-c5ccccc5)cccc4c23)cc1. The molecule has 2 nitrogen and oxygen atoms in total. The summed E-state index contributed by atoms with van der Waals surface area (Å²) in [5.41, 5.74) is 16.8. The van der Waals surface area contributed by atoms with Gasteiger partial charge in [-0.2, -0.15) is 0 Å². The summed E-state index contributed by atoms with van der Waals surface area (Å²) in [5.74, 6) is 0. The van der Waals surface area contributed by atoms with E-state index in [-0.39, 0.29) is 0 Å². The number of nitrogens with zero attached hydrogens (tertiary/aromatic N) is 1. The first-order valence-electron chi connectivity index (χ1n) is 20.1. The van der Waals surface area contributed by atoms with Crippen LogP contribution in [0.3, 0.4) is 0 Å². The first kappa shape index (κ1) is 33.9. The third-order valence-electron chi connectivity index (χ3n) is 12.0. The molecule has 58 heavy (non-hydrogen) atoms. The van der Waals surface area contributed by atoms with Crippen molar-refractivity contribution in [3.05, 3.63) is 258 Å². The minimum atomic E-state index is -0.469. The highest BCUT2D eigenvalue weighted by Crippen LogP contribution is 2.56. The summed E-state index contributed by atoms with van der Waals surface area (Å²) >= 11 is 0. The Hall–Kier alpha value is -7.42. The predicted molar refractivity (Wildman–Crippen MR) is 240 cm³/mol. The van der Waals surface area contributed by atoms with Crippen molar-refractivity contribution in [2.75, 3.05) is 4.90 Å². The summed E-state index contributed by atoms with van der Waals surface area (Å²) in [5, 5.41) is 2.27. The van der Waals surface area contributed by atoms with Gasteiger partial charge in [-0.1, -0.05) is 194 Å². The van der Waals surface area contributed by atoms with Crippen LogP contribution in [0.25, 0.3) is 44.2 Å². The molecule has 0 fully saturated rings. The molecule has 10 aromatic rings. The summed E-state index contributed by atoms with van der Waals surface area (Å²) in [6.45, 7) is 0. The molecule has 0 bridgehead atoms. The minimum Gasteiger partial charge on any atom is -0.453 e. The molecule has 0 amide bonds.